The highest BCUT2D eigenvalue weighted by Gasteiger charge is 2.07. The summed E-state index contributed by atoms with van der Waals surface area (Å²) in [6.07, 6.45) is 7.43. The van der Waals surface area contributed by atoms with Crippen LogP contribution in [0, 0.1) is 0 Å². The van der Waals surface area contributed by atoms with Gasteiger partial charge in [-0.1, -0.05) is 6.07 Å². The smallest absolute Gasteiger partial charge is 0.0568 e. The van der Waals surface area contributed by atoms with Crippen LogP contribution in [0.3, 0.4) is 0 Å². The minimum atomic E-state index is 0.773. The van der Waals surface area contributed by atoms with Crippen molar-refractivity contribution in [1.29, 1.82) is 0 Å². The van der Waals surface area contributed by atoms with E-state index in [9.17, 15) is 0 Å². The average Bonchev–Trinajstić information content (AvgIpc) is 2.77. The molecule has 3 rings (SSSR count). The Labute approximate surface area is 98.7 Å². The van der Waals surface area contributed by atoms with Gasteiger partial charge in [-0.3, -0.25) is 9.67 Å². The number of nitrogens with zero attached hydrogens (tertiary/aromatic N) is 3. The molecule has 0 aliphatic carbocycles. The van der Waals surface area contributed by atoms with E-state index in [4.69, 9.17) is 5.73 Å². The van der Waals surface area contributed by atoms with Gasteiger partial charge in [0, 0.05) is 47.7 Å². The van der Waals surface area contributed by atoms with Gasteiger partial charge in [0.2, 0.25) is 0 Å². The van der Waals surface area contributed by atoms with E-state index >= 15 is 0 Å². The van der Waals surface area contributed by atoms with E-state index in [1.165, 1.54) is 0 Å². The summed E-state index contributed by atoms with van der Waals surface area (Å²) in [5.41, 5.74) is 8.91. The first-order valence-electron chi connectivity index (χ1n) is 5.37. The van der Waals surface area contributed by atoms with Crippen molar-refractivity contribution in [2.24, 2.45) is 7.05 Å². The number of aryl methyl sites for hydroxylation is 1. The van der Waals surface area contributed by atoms with Crippen molar-refractivity contribution in [3.63, 3.8) is 0 Å². The third kappa shape index (κ3) is 1.54. The number of hydrogen-bond acceptors (Lipinski definition) is 3. The van der Waals surface area contributed by atoms with Gasteiger partial charge < -0.3 is 5.73 Å². The van der Waals surface area contributed by atoms with Gasteiger partial charge in [-0.15, -0.1) is 0 Å². The first-order chi connectivity index (χ1) is 8.25. The lowest BCUT2D eigenvalue weighted by molar-refractivity contribution is 0.768. The molecule has 2 N–H and O–H groups in total. The highest BCUT2D eigenvalue weighted by molar-refractivity contribution is 6.02. The van der Waals surface area contributed by atoms with E-state index in [-0.39, 0.29) is 0 Å². The third-order valence-electron chi connectivity index (χ3n) is 2.87. The molecule has 3 aromatic rings. The summed E-state index contributed by atoms with van der Waals surface area (Å²) in [6.45, 7) is 0. The number of aromatic nitrogens is 3. The van der Waals surface area contributed by atoms with Gasteiger partial charge in [0.05, 0.1) is 6.20 Å². The molecule has 0 amide bonds. The van der Waals surface area contributed by atoms with Crippen LogP contribution in [0.15, 0.2) is 43.0 Å². The van der Waals surface area contributed by atoms with Crippen LogP contribution in [0.25, 0.3) is 21.9 Å². The Morgan fingerprint density at radius 3 is 2.76 bits per heavy atom. The largest absolute Gasteiger partial charge is 0.398 e. The van der Waals surface area contributed by atoms with E-state index in [2.05, 4.69) is 10.1 Å². The number of anilines is 1. The van der Waals surface area contributed by atoms with E-state index < -0.39 is 0 Å². The zero-order valence-corrected chi connectivity index (χ0v) is 9.46. The van der Waals surface area contributed by atoms with E-state index in [0.29, 0.717) is 0 Å². The minimum Gasteiger partial charge on any atom is -0.398 e. The van der Waals surface area contributed by atoms with Gasteiger partial charge in [0.25, 0.3) is 0 Å². The summed E-state index contributed by atoms with van der Waals surface area (Å²) in [5, 5.41) is 6.27. The molecule has 0 saturated heterocycles. The van der Waals surface area contributed by atoms with Crippen LogP contribution in [-0.4, -0.2) is 14.8 Å². The van der Waals surface area contributed by atoms with Crippen molar-refractivity contribution in [1.82, 2.24) is 14.8 Å². The number of benzene rings is 1. The summed E-state index contributed by atoms with van der Waals surface area (Å²) in [5.74, 6) is 0. The number of pyridine rings is 1. The second kappa shape index (κ2) is 3.59. The maximum atomic E-state index is 5.96. The number of fused-ring (bicyclic) bond motifs is 1. The predicted octanol–water partition coefficient (Wildman–Crippen LogP) is 2.22. The molecule has 0 fully saturated rings. The molecule has 0 bridgehead atoms. The van der Waals surface area contributed by atoms with E-state index in [1.54, 1.807) is 10.9 Å². The van der Waals surface area contributed by atoms with Gasteiger partial charge in [-0.05, 0) is 17.7 Å². The molecule has 1 aromatic carbocycles. The maximum Gasteiger partial charge on any atom is 0.0568 e. The first-order valence-corrected chi connectivity index (χ1v) is 5.37. The molecule has 2 aromatic heterocycles. The van der Waals surface area contributed by atoms with Crippen molar-refractivity contribution < 1.29 is 0 Å². The Bertz CT molecular complexity index is 685. The fraction of sp³-hybridized carbons (Fsp3) is 0.0769. The second-order valence-electron chi connectivity index (χ2n) is 4.03. The number of nitrogens with two attached hydrogens (primary N) is 1. The summed E-state index contributed by atoms with van der Waals surface area (Å²) >= 11 is 0. The van der Waals surface area contributed by atoms with E-state index in [0.717, 1.165) is 27.6 Å². The molecule has 0 saturated carbocycles. The molecular formula is C13H12N4. The van der Waals surface area contributed by atoms with Gasteiger partial charge in [-0.25, -0.2) is 0 Å². The lowest BCUT2D eigenvalue weighted by Crippen LogP contribution is -1.89. The Balaban J connectivity index is 2.34. The third-order valence-corrected chi connectivity index (χ3v) is 2.87. The standard InChI is InChI=1S/C13H12N4/c1-17-8-9(6-16-17)10-2-3-13(14)11-4-5-15-7-12(10)11/h2-8H,14H2,1H3. The van der Waals surface area contributed by atoms with Crippen LogP contribution < -0.4 is 5.73 Å². The van der Waals surface area contributed by atoms with Crippen LogP contribution in [0.4, 0.5) is 5.69 Å². The second-order valence-corrected chi connectivity index (χ2v) is 4.03. The van der Waals surface area contributed by atoms with Crippen LogP contribution >= 0.6 is 0 Å². The topological polar surface area (TPSA) is 56.7 Å². The molecule has 0 unspecified atom stereocenters. The molecule has 0 spiro atoms. The van der Waals surface area contributed by atoms with Crippen LogP contribution in [-0.2, 0) is 7.05 Å². The van der Waals surface area contributed by atoms with Crippen molar-refractivity contribution in [3.8, 4) is 11.1 Å². The Kier molecular flexibility index (Phi) is 2.08. The Morgan fingerprint density at radius 2 is 2.00 bits per heavy atom. The lowest BCUT2D eigenvalue weighted by Gasteiger charge is -2.06. The highest BCUT2D eigenvalue weighted by atomic mass is 15.2. The van der Waals surface area contributed by atoms with Gasteiger partial charge in [0.1, 0.15) is 0 Å². The molecule has 0 aliphatic rings. The molecule has 0 aliphatic heterocycles. The zero-order chi connectivity index (χ0) is 11.8. The highest BCUT2D eigenvalue weighted by Crippen LogP contribution is 2.30. The van der Waals surface area contributed by atoms with Crippen molar-refractivity contribution in [2.45, 2.75) is 0 Å². The minimum absolute atomic E-state index is 0.773. The molecule has 0 radical (unpaired) electrons. The quantitative estimate of drug-likeness (QED) is 0.645. The summed E-state index contributed by atoms with van der Waals surface area (Å²) in [7, 11) is 1.90. The summed E-state index contributed by atoms with van der Waals surface area (Å²) < 4.78 is 1.79. The van der Waals surface area contributed by atoms with Crippen molar-refractivity contribution in [2.75, 3.05) is 5.73 Å². The predicted molar refractivity (Wildman–Crippen MR) is 68.4 cm³/mol. The van der Waals surface area contributed by atoms with Crippen LogP contribution in [0.1, 0.15) is 0 Å². The molecule has 0 atom stereocenters. The molecule has 17 heavy (non-hydrogen) atoms. The first kappa shape index (κ1) is 9.84. The number of rotatable bonds is 1. The van der Waals surface area contributed by atoms with Gasteiger partial charge in [0.15, 0.2) is 0 Å². The van der Waals surface area contributed by atoms with Gasteiger partial charge >= 0.3 is 0 Å². The zero-order valence-electron chi connectivity index (χ0n) is 9.46. The molecule has 84 valence electrons. The van der Waals surface area contributed by atoms with Gasteiger partial charge in [-0.2, -0.15) is 5.10 Å². The van der Waals surface area contributed by atoms with Crippen LogP contribution in [0.2, 0.25) is 0 Å². The summed E-state index contributed by atoms with van der Waals surface area (Å²) in [4.78, 5) is 4.16. The maximum absolute atomic E-state index is 5.96. The molecule has 4 nitrogen and oxygen atoms in total. The SMILES string of the molecule is Cn1cc(-c2ccc(N)c3ccncc23)cn1. The van der Waals surface area contributed by atoms with E-state index in [1.807, 2.05) is 43.8 Å². The normalized spacial score (nSPS) is 10.9. The number of hydrogen-bond donors (Lipinski definition) is 1. The van der Waals surface area contributed by atoms with Crippen LogP contribution in [0.5, 0.6) is 0 Å². The molecular weight excluding hydrogens is 212 g/mol. The van der Waals surface area contributed by atoms with Crippen molar-refractivity contribution >= 4 is 16.5 Å². The number of nitrogen functional groups attached to an aromatic ring is 1. The summed E-state index contributed by atoms with van der Waals surface area (Å²) in [6, 6.07) is 5.87. The fourth-order valence-electron chi connectivity index (χ4n) is 2.03. The Morgan fingerprint density at radius 1 is 1.12 bits per heavy atom. The molecule has 2 heterocycles. The lowest BCUT2D eigenvalue weighted by atomic mass is 10.0. The fourth-order valence-corrected chi connectivity index (χ4v) is 2.03. The Hall–Kier alpha value is -2.36. The average molecular weight is 224 g/mol. The molecule has 4 heteroatoms. The van der Waals surface area contributed by atoms with Crippen molar-refractivity contribution in [3.05, 3.63) is 43.0 Å². The monoisotopic (exact) mass is 224 g/mol.